The summed E-state index contributed by atoms with van der Waals surface area (Å²) < 4.78 is 10.4. The first kappa shape index (κ1) is 10.8. The summed E-state index contributed by atoms with van der Waals surface area (Å²) in [5.74, 6) is 0. The Bertz CT molecular complexity index is 107. The molecule has 2 N–H and O–H groups in total. The highest BCUT2D eigenvalue weighted by atomic mass is 28.3. The Morgan fingerprint density at radius 3 is 2.36 bits per heavy atom. The summed E-state index contributed by atoms with van der Waals surface area (Å²) in [6.07, 6.45) is 2.78. The topological polar surface area (TPSA) is 44.5 Å². The van der Waals surface area contributed by atoms with Crippen molar-refractivity contribution in [1.82, 2.24) is 0 Å². The Hall–Kier alpha value is -0.163. The molecule has 0 saturated heterocycles. The zero-order valence-corrected chi connectivity index (χ0v) is 8.40. The van der Waals surface area contributed by atoms with Crippen molar-refractivity contribution in [3.63, 3.8) is 0 Å². The summed E-state index contributed by atoms with van der Waals surface area (Å²) in [5, 5.41) is 0. The molecule has 11 heavy (non-hydrogen) atoms. The first-order valence-corrected chi connectivity index (χ1v) is 5.29. The number of hydrogen-bond donors (Lipinski definition) is 1. The number of allylic oxidation sites excluding steroid dienone is 1. The lowest BCUT2D eigenvalue weighted by Crippen LogP contribution is -2.26. The van der Waals surface area contributed by atoms with Crippen molar-refractivity contribution in [2.45, 2.75) is 12.0 Å². The van der Waals surface area contributed by atoms with Gasteiger partial charge in [0.05, 0.1) is 0 Å². The van der Waals surface area contributed by atoms with Crippen LogP contribution in [0.3, 0.4) is 0 Å². The molecule has 0 aliphatic rings. The highest BCUT2D eigenvalue weighted by molar-refractivity contribution is 6.47. The van der Waals surface area contributed by atoms with Gasteiger partial charge < -0.3 is 14.6 Å². The van der Waals surface area contributed by atoms with Crippen LogP contribution in [0.4, 0.5) is 0 Å². The van der Waals surface area contributed by atoms with E-state index in [4.69, 9.17) is 14.6 Å². The smallest absolute Gasteiger partial charge is 0.328 e. The Morgan fingerprint density at radius 2 is 2.09 bits per heavy atom. The first-order valence-electron chi connectivity index (χ1n) is 3.68. The van der Waals surface area contributed by atoms with Gasteiger partial charge in [0.2, 0.25) is 0 Å². The number of nitrogens with two attached hydrogens (primary N) is 1. The molecule has 0 bridgehead atoms. The summed E-state index contributed by atoms with van der Waals surface area (Å²) in [6.45, 7) is 4.38. The minimum Gasteiger partial charge on any atom is -0.400 e. The van der Waals surface area contributed by atoms with Gasteiger partial charge in [0.15, 0.2) is 0 Å². The van der Waals surface area contributed by atoms with Gasteiger partial charge in [-0.05, 0) is 13.0 Å². The van der Waals surface area contributed by atoms with Crippen molar-refractivity contribution < 1.29 is 8.85 Å². The van der Waals surface area contributed by atoms with Gasteiger partial charge in [-0.1, -0.05) is 6.08 Å². The van der Waals surface area contributed by atoms with E-state index in [1.54, 1.807) is 14.2 Å². The normalized spacial score (nSPS) is 13.5. The Kier molecular flexibility index (Phi) is 6.44. The van der Waals surface area contributed by atoms with Gasteiger partial charge in [-0.2, -0.15) is 0 Å². The molecule has 1 atom stereocenters. The average molecular weight is 175 g/mol. The lowest BCUT2D eigenvalue weighted by molar-refractivity contribution is 0.269. The molecular formula is C7H17NO2Si. The van der Waals surface area contributed by atoms with Gasteiger partial charge in [-0.15, -0.1) is 6.58 Å². The molecule has 4 heteroatoms. The predicted molar refractivity (Wildman–Crippen MR) is 48.8 cm³/mol. The molecule has 0 aromatic carbocycles. The van der Waals surface area contributed by atoms with E-state index in [9.17, 15) is 0 Å². The largest absolute Gasteiger partial charge is 0.400 e. The summed E-state index contributed by atoms with van der Waals surface area (Å²) in [5.41, 5.74) is 5.74. The lowest BCUT2D eigenvalue weighted by atomic mass is 10.3. The fourth-order valence-electron chi connectivity index (χ4n) is 1.00. The van der Waals surface area contributed by atoms with Gasteiger partial charge in [-0.3, -0.25) is 0 Å². The van der Waals surface area contributed by atoms with E-state index >= 15 is 0 Å². The molecule has 0 heterocycles. The molecule has 0 aliphatic heterocycles. The van der Waals surface area contributed by atoms with E-state index in [1.807, 2.05) is 6.08 Å². The molecule has 0 aromatic heterocycles. The van der Waals surface area contributed by atoms with Crippen molar-refractivity contribution in [1.29, 1.82) is 0 Å². The van der Waals surface area contributed by atoms with E-state index < -0.39 is 9.28 Å². The highest BCUT2D eigenvalue weighted by Crippen LogP contribution is 2.16. The van der Waals surface area contributed by atoms with E-state index in [0.717, 1.165) is 6.42 Å². The van der Waals surface area contributed by atoms with Gasteiger partial charge in [0.1, 0.15) is 0 Å². The summed E-state index contributed by atoms with van der Waals surface area (Å²) in [6, 6.07) is 0. The monoisotopic (exact) mass is 175 g/mol. The van der Waals surface area contributed by atoms with Gasteiger partial charge in [0, 0.05) is 19.8 Å². The lowest BCUT2D eigenvalue weighted by Gasteiger charge is -2.18. The predicted octanol–water partition coefficient (Wildman–Crippen LogP) is 0.405. The molecule has 0 fully saturated rings. The third-order valence-corrected chi connectivity index (χ3v) is 3.85. The molecule has 1 unspecified atom stereocenters. The summed E-state index contributed by atoms with van der Waals surface area (Å²) >= 11 is 0. The molecule has 0 aliphatic carbocycles. The second-order valence-electron chi connectivity index (χ2n) is 2.32. The Balaban J connectivity index is 3.86. The molecule has 0 amide bonds. The van der Waals surface area contributed by atoms with Crippen LogP contribution in [-0.4, -0.2) is 30.0 Å². The maximum Gasteiger partial charge on any atom is 0.328 e. The van der Waals surface area contributed by atoms with Crippen molar-refractivity contribution in [3.05, 3.63) is 12.7 Å². The van der Waals surface area contributed by atoms with Crippen molar-refractivity contribution in [2.75, 3.05) is 20.8 Å². The number of rotatable bonds is 6. The molecule has 0 rings (SSSR count). The molecule has 0 radical (unpaired) electrons. The minimum atomic E-state index is -1.52. The minimum absolute atomic E-state index is 0.329. The standard InChI is InChI=1S/C7H17NO2Si/c1-4-7(5-6-8)11(9-2)10-3/h4,7,11H,1,5-6,8H2,2-3H3. The maximum absolute atomic E-state index is 5.42. The van der Waals surface area contributed by atoms with Crippen LogP contribution in [-0.2, 0) is 8.85 Å². The fourth-order valence-corrected chi connectivity index (χ4v) is 2.58. The summed E-state index contributed by atoms with van der Waals surface area (Å²) in [4.78, 5) is 0. The third kappa shape index (κ3) is 3.67. The van der Waals surface area contributed by atoms with E-state index in [2.05, 4.69) is 6.58 Å². The van der Waals surface area contributed by atoms with Crippen LogP contribution < -0.4 is 5.73 Å². The highest BCUT2D eigenvalue weighted by Gasteiger charge is 2.19. The quantitative estimate of drug-likeness (QED) is 0.469. The van der Waals surface area contributed by atoms with Crippen molar-refractivity contribution >= 4 is 9.28 Å². The van der Waals surface area contributed by atoms with E-state index in [-0.39, 0.29) is 0 Å². The fraction of sp³-hybridized carbons (Fsp3) is 0.714. The SMILES string of the molecule is C=CC(CCN)[SiH](OC)OC. The van der Waals surface area contributed by atoms with Gasteiger partial charge >= 0.3 is 9.28 Å². The maximum atomic E-state index is 5.42. The zero-order valence-electron chi connectivity index (χ0n) is 7.25. The van der Waals surface area contributed by atoms with E-state index in [0.29, 0.717) is 12.1 Å². The van der Waals surface area contributed by atoms with Crippen LogP contribution in [0.5, 0.6) is 0 Å². The molecule has 3 nitrogen and oxygen atoms in total. The van der Waals surface area contributed by atoms with Gasteiger partial charge in [-0.25, -0.2) is 0 Å². The van der Waals surface area contributed by atoms with Crippen molar-refractivity contribution in [3.8, 4) is 0 Å². The molecular weight excluding hydrogens is 158 g/mol. The Morgan fingerprint density at radius 1 is 1.55 bits per heavy atom. The molecule has 0 spiro atoms. The first-order chi connectivity index (χ1) is 5.29. The van der Waals surface area contributed by atoms with Crippen LogP contribution in [0.15, 0.2) is 12.7 Å². The molecule has 66 valence electrons. The van der Waals surface area contributed by atoms with Crippen LogP contribution >= 0.6 is 0 Å². The van der Waals surface area contributed by atoms with E-state index in [1.165, 1.54) is 0 Å². The second kappa shape index (κ2) is 6.54. The second-order valence-corrected chi connectivity index (χ2v) is 4.85. The average Bonchev–Trinajstić information content (AvgIpc) is 2.05. The summed E-state index contributed by atoms with van der Waals surface area (Å²) in [7, 11) is 1.83. The third-order valence-electron chi connectivity index (χ3n) is 1.62. The van der Waals surface area contributed by atoms with Crippen LogP contribution in [0.1, 0.15) is 6.42 Å². The van der Waals surface area contributed by atoms with Crippen LogP contribution in [0, 0.1) is 0 Å². The Labute approximate surface area is 70.0 Å². The van der Waals surface area contributed by atoms with Crippen LogP contribution in [0.2, 0.25) is 5.54 Å². The van der Waals surface area contributed by atoms with Gasteiger partial charge in [0.25, 0.3) is 0 Å². The molecule has 0 aromatic rings. The zero-order chi connectivity index (χ0) is 8.69. The van der Waals surface area contributed by atoms with Crippen LogP contribution in [0.25, 0.3) is 0 Å². The molecule has 0 saturated carbocycles. The van der Waals surface area contributed by atoms with Crippen molar-refractivity contribution in [2.24, 2.45) is 5.73 Å². The number of hydrogen-bond acceptors (Lipinski definition) is 3.